The number of carbonyl (C=O) groups is 1. The minimum Gasteiger partial charge on any atom is -0.374 e. The molecule has 0 aliphatic carbocycles. The number of rotatable bonds is 4. The standard InChI is InChI=1S/C14H12ClFN2O/c15-11-7-4-8-12(14(11)16)17-9-13(19)18-10-5-2-1-3-6-10/h1-8,17H,9H2,(H,18,19). The molecule has 2 aromatic rings. The number of benzene rings is 2. The highest BCUT2D eigenvalue weighted by Crippen LogP contribution is 2.21. The number of halogens is 2. The van der Waals surface area contributed by atoms with E-state index in [1.165, 1.54) is 12.1 Å². The molecular weight excluding hydrogens is 267 g/mol. The van der Waals surface area contributed by atoms with Gasteiger partial charge in [-0.15, -0.1) is 0 Å². The molecule has 0 fully saturated rings. The third-order valence-electron chi connectivity index (χ3n) is 2.45. The number of anilines is 2. The summed E-state index contributed by atoms with van der Waals surface area (Å²) in [7, 11) is 0. The lowest BCUT2D eigenvalue weighted by molar-refractivity contribution is -0.114. The zero-order chi connectivity index (χ0) is 13.7. The molecule has 0 atom stereocenters. The van der Waals surface area contributed by atoms with E-state index in [1.54, 1.807) is 18.2 Å². The summed E-state index contributed by atoms with van der Waals surface area (Å²) in [5.74, 6) is -0.817. The lowest BCUT2D eigenvalue weighted by atomic mass is 10.3. The lowest BCUT2D eigenvalue weighted by Gasteiger charge is -2.09. The van der Waals surface area contributed by atoms with E-state index < -0.39 is 5.82 Å². The Balaban J connectivity index is 1.92. The number of hydrogen-bond donors (Lipinski definition) is 2. The van der Waals surface area contributed by atoms with Crippen molar-refractivity contribution in [2.75, 3.05) is 17.2 Å². The van der Waals surface area contributed by atoms with Crippen LogP contribution < -0.4 is 10.6 Å². The van der Waals surface area contributed by atoms with Gasteiger partial charge in [0.15, 0.2) is 5.82 Å². The van der Waals surface area contributed by atoms with Crippen LogP contribution in [-0.2, 0) is 4.79 Å². The summed E-state index contributed by atoms with van der Waals surface area (Å²) in [5, 5.41) is 5.41. The van der Waals surface area contributed by atoms with Crippen LogP contribution in [0.25, 0.3) is 0 Å². The van der Waals surface area contributed by atoms with Crippen LogP contribution in [0.1, 0.15) is 0 Å². The molecule has 19 heavy (non-hydrogen) atoms. The average molecular weight is 279 g/mol. The predicted molar refractivity (Wildman–Crippen MR) is 75.0 cm³/mol. The number of para-hydroxylation sites is 1. The van der Waals surface area contributed by atoms with Crippen LogP contribution in [-0.4, -0.2) is 12.5 Å². The molecule has 5 heteroatoms. The first-order valence-corrected chi connectivity index (χ1v) is 6.07. The molecule has 98 valence electrons. The average Bonchev–Trinajstić information content (AvgIpc) is 2.42. The van der Waals surface area contributed by atoms with Crippen LogP contribution in [0.4, 0.5) is 15.8 Å². The zero-order valence-electron chi connectivity index (χ0n) is 9.99. The Bertz CT molecular complexity index is 575. The fraction of sp³-hybridized carbons (Fsp3) is 0.0714. The van der Waals surface area contributed by atoms with Gasteiger partial charge in [0.25, 0.3) is 0 Å². The van der Waals surface area contributed by atoms with E-state index in [4.69, 9.17) is 11.6 Å². The molecule has 0 aliphatic heterocycles. The van der Waals surface area contributed by atoms with Crippen molar-refractivity contribution in [1.82, 2.24) is 0 Å². The summed E-state index contributed by atoms with van der Waals surface area (Å²) in [5.41, 5.74) is 0.900. The molecule has 0 aromatic heterocycles. The Morgan fingerprint density at radius 1 is 1.11 bits per heavy atom. The van der Waals surface area contributed by atoms with Crippen molar-refractivity contribution in [2.24, 2.45) is 0 Å². The van der Waals surface area contributed by atoms with Gasteiger partial charge in [0, 0.05) is 5.69 Å². The fourth-order valence-corrected chi connectivity index (χ4v) is 1.72. The van der Waals surface area contributed by atoms with Crippen LogP contribution in [0, 0.1) is 5.82 Å². The van der Waals surface area contributed by atoms with E-state index in [1.807, 2.05) is 18.2 Å². The molecule has 0 unspecified atom stereocenters. The van der Waals surface area contributed by atoms with E-state index in [-0.39, 0.29) is 23.2 Å². The van der Waals surface area contributed by atoms with Crippen LogP contribution in [0.5, 0.6) is 0 Å². The molecule has 0 aliphatic rings. The Labute approximate surface area is 115 Å². The van der Waals surface area contributed by atoms with Gasteiger partial charge >= 0.3 is 0 Å². The van der Waals surface area contributed by atoms with Crippen molar-refractivity contribution >= 4 is 28.9 Å². The first kappa shape index (κ1) is 13.4. The molecule has 0 saturated heterocycles. The van der Waals surface area contributed by atoms with E-state index >= 15 is 0 Å². The van der Waals surface area contributed by atoms with Gasteiger partial charge in [-0.2, -0.15) is 0 Å². The molecule has 0 saturated carbocycles. The molecule has 0 bridgehead atoms. The Kier molecular flexibility index (Phi) is 4.36. The maximum absolute atomic E-state index is 13.6. The van der Waals surface area contributed by atoms with Gasteiger partial charge < -0.3 is 10.6 Å². The second-order valence-electron chi connectivity index (χ2n) is 3.87. The minimum atomic E-state index is -0.559. The Hall–Kier alpha value is -2.07. The molecule has 1 amide bonds. The van der Waals surface area contributed by atoms with Crippen LogP contribution >= 0.6 is 11.6 Å². The van der Waals surface area contributed by atoms with Crippen molar-refractivity contribution in [3.8, 4) is 0 Å². The molecule has 3 nitrogen and oxygen atoms in total. The Morgan fingerprint density at radius 2 is 1.84 bits per heavy atom. The lowest BCUT2D eigenvalue weighted by Crippen LogP contribution is -2.22. The number of carbonyl (C=O) groups excluding carboxylic acids is 1. The van der Waals surface area contributed by atoms with Crippen molar-refractivity contribution in [1.29, 1.82) is 0 Å². The second-order valence-corrected chi connectivity index (χ2v) is 4.28. The molecule has 2 rings (SSSR count). The van der Waals surface area contributed by atoms with Gasteiger partial charge in [-0.1, -0.05) is 35.9 Å². The number of hydrogen-bond acceptors (Lipinski definition) is 2. The summed E-state index contributed by atoms with van der Waals surface area (Å²) in [6.45, 7) is -0.0356. The van der Waals surface area contributed by atoms with Gasteiger partial charge in [-0.3, -0.25) is 4.79 Å². The highest BCUT2D eigenvalue weighted by atomic mass is 35.5. The number of amides is 1. The largest absolute Gasteiger partial charge is 0.374 e. The van der Waals surface area contributed by atoms with Crippen molar-refractivity contribution in [2.45, 2.75) is 0 Å². The summed E-state index contributed by atoms with van der Waals surface area (Å²) in [6.07, 6.45) is 0. The fourth-order valence-electron chi connectivity index (χ4n) is 1.54. The van der Waals surface area contributed by atoms with Gasteiger partial charge in [0.2, 0.25) is 5.91 Å². The van der Waals surface area contributed by atoms with Gasteiger partial charge in [0.1, 0.15) is 0 Å². The van der Waals surface area contributed by atoms with Gasteiger partial charge in [-0.25, -0.2) is 4.39 Å². The topological polar surface area (TPSA) is 41.1 Å². The molecule has 0 spiro atoms. The smallest absolute Gasteiger partial charge is 0.243 e. The maximum Gasteiger partial charge on any atom is 0.243 e. The minimum absolute atomic E-state index is 0.0217. The summed E-state index contributed by atoms with van der Waals surface area (Å²) < 4.78 is 13.6. The zero-order valence-corrected chi connectivity index (χ0v) is 10.7. The molecule has 0 radical (unpaired) electrons. The first-order chi connectivity index (χ1) is 9.16. The molecule has 0 heterocycles. The predicted octanol–water partition coefficient (Wildman–Crippen LogP) is 3.53. The van der Waals surface area contributed by atoms with E-state index in [9.17, 15) is 9.18 Å². The SMILES string of the molecule is O=C(CNc1cccc(Cl)c1F)Nc1ccccc1. The summed E-state index contributed by atoms with van der Waals surface area (Å²) >= 11 is 5.64. The highest BCUT2D eigenvalue weighted by Gasteiger charge is 2.07. The van der Waals surface area contributed by atoms with Crippen LogP contribution in [0.3, 0.4) is 0 Å². The van der Waals surface area contributed by atoms with Crippen molar-refractivity contribution in [3.63, 3.8) is 0 Å². The molecule has 2 N–H and O–H groups in total. The van der Waals surface area contributed by atoms with Gasteiger partial charge in [0.05, 0.1) is 17.3 Å². The van der Waals surface area contributed by atoms with Crippen molar-refractivity contribution in [3.05, 3.63) is 59.4 Å². The molecular formula is C14H12ClFN2O. The second kappa shape index (κ2) is 6.20. The first-order valence-electron chi connectivity index (χ1n) is 5.69. The van der Waals surface area contributed by atoms with E-state index in [0.717, 1.165) is 0 Å². The quantitative estimate of drug-likeness (QED) is 0.898. The van der Waals surface area contributed by atoms with Gasteiger partial charge in [-0.05, 0) is 24.3 Å². The van der Waals surface area contributed by atoms with E-state index in [0.29, 0.717) is 5.69 Å². The molecule has 2 aromatic carbocycles. The number of nitrogens with one attached hydrogen (secondary N) is 2. The van der Waals surface area contributed by atoms with Crippen molar-refractivity contribution < 1.29 is 9.18 Å². The normalized spacial score (nSPS) is 10.0. The third kappa shape index (κ3) is 3.69. The summed E-state index contributed by atoms with van der Waals surface area (Å²) in [4.78, 5) is 11.7. The Morgan fingerprint density at radius 3 is 2.58 bits per heavy atom. The highest BCUT2D eigenvalue weighted by molar-refractivity contribution is 6.31. The van der Waals surface area contributed by atoms with Crippen LogP contribution in [0.2, 0.25) is 5.02 Å². The van der Waals surface area contributed by atoms with Crippen LogP contribution in [0.15, 0.2) is 48.5 Å². The third-order valence-corrected chi connectivity index (χ3v) is 2.74. The van der Waals surface area contributed by atoms with E-state index in [2.05, 4.69) is 10.6 Å². The maximum atomic E-state index is 13.6. The monoisotopic (exact) mass is 278 g/mol. The summed E-state index contributed by atoms with van der Waals surface area (Å²) in [6, 6.07) is 13.6.